The number of hydrogen-bond donors (Lipinski definition) is 1. The normalized spacial score (nSPS) is 21.0. The van der Waals surface area contributed by atoms with Gasteiger partial charge >= 0.3 is 0 Å². The maximum atomic E-state index is 13.0. The van der Waals surface area contributed by atoms with E-state index >= 15 is 0 Å². The summed E-state index contributed by atoms with van der Waals surface area (Å²) in [6, 6.07) is 5.89. The van der Waals surface area contributed by atoms with Crippen LogP contribution in [0.1, 0.15) is 47.4 Å². The molecule has 4 heterocycles. The first-order valence-corrected chi connectivity index (χ1v) is 9.67. The number of carbonyl (C=O) groups excluding carboxylic acids is 2. The standard InChI is InChI=1S/C21H24N2O5/c1-14-7-8-15(28-14)18-17(19(24)16-6-5-13-27-16)20(25)21(26)23(18)12-11-22-9-3-2-4-10-22/h5-8,13,18,25H,2-4,9-12H2,1H3. The van der Waals surface area contributed by atoms with Gasteiger partial charge in [0.25, 0.3) is 5.91 Å². The van der Waals surface area contributed by atoms with Gasteiger partial charge in [-0.2, -0.15) is 0 Å². The minimum absolute atomic E-state index is 0.00736. The molecule has 1 saturated heterocycles. The molecule has 1 N–H and O–H groups in total. The zero-order chi connectivity index (χ0) is 19.7. The minimum Gasteiger partial charge on any atom is -0.503 e. The second-order valence-corrected chi connectivity index (χ2v) is 7.32. The monoisotopic (exact) mass is 384 g/mol. The lowest BCUT2D eigenvalue weighted by Gasteiger charge is -2.30. The predicted molar refractivity (Wildman–Crippen MR) is 101 cm³/mol. The van der Waals surface area contributed by atoms with Crippen LogP contribution in [0, 0.1) is 6.92 Å². The van der Waals surface area contributed by atoms with Crippen molar-refractivity contribution in [2.24, 2.45) is 0 Å². The van der Waals surface area contributed by atoms with Gasteiger partial charge in [-0.15, -0.1) is 0 Å². The first-order chi connectivity index (χ1) is 13.6. The Balaban J connectivity index is 1.64. The topological polar surface area (TPSA) is 87.1 Å². The molecule has 0 spiro atoms. The number of likely N-dealkylation sites (tertiary alicyclic amines) is 1. The summed E-state index contributed by atoms with van der Waals surface area (Å²) in [4.78, 5) is 29.6. The van der Waals surface area contributed by atoms with Crippen LogP contribution in [0.25, 0.3) is 0 Å². The van der Waals surface area contributed by atoms with Crippen molar-refractivity contribution in [2.75, 3.05) is 26.2 Å². The molecule has 0 bridgehead atoms. The summed E-state index contributed by atoms with van der Waals surface area (Å²) in [5.74, 6) is -0.362. The van der Waals surface area contributed by atoms with E-state index in [9.17, 15) is 14.7 Å². The number of Topliss-reactive ketones (excluding diaryl/α,β-unsaturated/α-hetero) is 1. The molecule has 2 aromatic rings. The zero-order valence-electron chi connectivity index (χ0n) is 15.9. The van der Waals surface area contributed by atoms with Crippen LogP contribution < -0.4 is 0 Å². The van der Waals surface area contributed by atoms with Crippen LogP contribution >= 0.6 is 0 Å². The number of nitrogens with zero attached hydrogens (tertiary/aromatic N) is 2. The third kappa shape index (κ3) is 3.38. The highest BCUT2D eigenvalue weighted by Crippen LogP contribution is 2.39. The third-order valence-electron chi connectivity index (χ3n) is 5.43. The lowest BCUT2D eigenvalue weighted by molar-refractivity contribution is -0.129. The van der Waals surface area contributed by atoms with E-state index in [1.54, 1.807) is 25.1 Å². The molecular weight excluding hydrogens is 360 g/mol. The fourth-order valence-electron chi connectivity index (χ4n) is 3.99. The summed E-state index contributed by atoms with van der Waals surface area (Å²) in [7, 11) is 0. The minimum atomic E-state index is -0.761. The van der Waals surface area contributed by atoms with Gasteiger partial charge in [-0.3, -0.25) is 9.59 Å². The van der Waals surface area contributed by atoms with E-state index in [0.717, 1.165) is 25.9 Å². The van der Waals surface area contributed by atoms with Crippen molar-refractivity contribution >= 4 is 11.7 Å². The van der Waals surface area contributed by atoms with Crippen LogP contribution in [0.15, 0.2) is 50.7 Å². The Labute approximate surface area is 163 Å². The van der Waals surface area contributed by atoms with Crippen LogP contribution in [0.2, 0.25) is 0 Å². The van der Waals surface area contributed by atoms with Gasteiger partial charge in [0.2, 0.25) is 5.78 Å². The van der Waals surface area contributed by atoms with E-state index in [-0.39, 0.29) is 11.3 Å². The molecule has 1 unspecified atom stereocenters. The van der Waals surface area contributed by atoms with E-state index in [4.69, 9.17) is 8.83 Å². The number of carbonyl (C=O) groups is 2. The maximum absolute atomic E-state index is 13.0. The molecule has 0 radical (unpaired) electrons. The van der Waals surface area contributed by atoms with Gasteiger partial charge in [0, 0.05) is 13.1 Å². The maximum Gasteiger partial charge on any atom is 0.290 e. The third-order valence-corrected chi connectivity index (χ3v) is 5.43. The molecule has 2 aromatic heterocycles. The fourth-order valence-corrected chi connectivity index (χ4v) is 3.99. The molecule has 4 rings (SSSR count). The summed E-state index contributed by atoms with van der Waals surface area (Å²) in [5.41, 5.74) is 0.00736. The molecule has 1 amide bonds. The Morgan fingerprint density at radius 2 is 1.96 bits per heavy atom. The van der Waals surface area contributed by atoms with Gasteiger partial charge in [-0.1, -0.05) is 6.42 Å². The van der Waals surface area contributed by atoms with Gasteiger partial charge in [0.1, 0.15) is 17.6 Å². The largest absolute Gasteiger partial charge is 0.503 e. The summed E-state index contributed by atoms with van der Waals surface area (Å²) in [5, 5.41) is 10.5. The first kappa shape index (κ1) is 18.6. The molecule has 0 saturated carbocycles. The molecule has 148 valence electrons. The Morgan fingerprint density at radius 1 is 1.18 bits per heavy atom. The number of rotatable bonds is 6. The van der Waals surface area contributed by atoms with E-state index in [2.05, 4.69) is 4.90 Å². The van der Waals surface area contributed by atoms with Crippen molar-refractivity contribution in [3.05, 3.63) is 59.1 Å². The lowest BCUT2D eigenvalue weighted by atomic mass is 9.99. The highest BCUT2D eigenvalue weighted by molar-refractivity contribution is 6.14. The summed E-state index contributed by atoms with van der Waals surface area (Å²) in [6.45, 7) is 4.91. The molecule has 1 atom stereocenters. The second-order valence-electron chi connectivity index (χ2n) is 7.32. The summed E-state index contributed by atoms with van der Waals surface area (Å²) >= 11 is 0. The summed E-state index contributed by atoms with van der Waals surface area (Å²) in [6.07, 6.45) is 4.93. The quantitative estimate of drug-likeness (QED) is 0.770. The van der Waals surface area contributed by atoms with E-state index in [1.807, 2.05) is 0 Å². The molecule has 0 aromatic carbocycles. The molecule has 2 aliphatic rings. The molecule has 7 nitrogen and oxygen atoms in total. The number of aliphatic hydroxyl groups is 1. The number of aliphatic hydroxyl groups excluding tert-OH is 1. The van der Waals surface area contributed by atoms with Gasteiger partial charge in [-0.05, 0) is 57.1 Å². The number of aryl methyl sites for hydroxylation is 1. The van der Waals surface area contributed by atoms with Crippen molar-refractivity contribution in [1.82, 2.24) is 9.80 Å². The molecule has 0 aliphatic carbocycles. The first-order valence-electron chi connectivity index (χ1n) is 9.67. The molecule has 2 aliphatic heterocycles. The zero-order valence-corrected chi connectivity index (χ0v) is 15.9. The van der Waals surface area contributed by atoms with Crippen molar-refractivity contribution in [3.8, 4) is 0 Å². The van der Waals surface area contributed by atoms with Crippen LogP contribution in [0.4, 0.5) is 0 Å². The number of furan rings is 2. The lowest BCUT2D eigenvalue weighted by Crippen LogP contribution is -2.40. The van der Waals surface area contributed by atoms with Crippen molar-refractivity contribution in [3.63, 3.8) is 0 Å². The van der Waals surface area contributed by atoms with Crippen LogP contribution in [0.5, 0.6) is 0 Å². The molecule has 1 fully saturated rings. The molecular formula is C21H24N2O5. The second kappa shape index (κ2) is 7.67. The highest BCUT2D eigenvalue weighted by Gasteiger charge is 2.45. The van der Waals surface area contributed by atoms with Crippen molar-refractivity contribution in [2.45, 2.75) is 32.2 Å². The van der Waals surface area contributed by atoms with Gasteiger partial charge in [0.05, 0.1) is 11.8 Å². The SMILES string of the molecule is Cc1ccc(C2C(C(=O)c3ccco3)=C(O)C(=O)N2CCN2CCCCC2)o1. The number of hydrogen-bond acceptors (Lipinski definition) is 6. The number of piperidine rings is 1. The summed E-state index contributed by atoms with van der Waals surface area (Å²) < 4.78 is 11.0. The van der Waals surface area contributed by atoms with Crippen LogP contribution in [0.3, 0.4) is 0 Å². The van der Waals surface area contributed by atoms with Gasteiger partial charge in [-0.25, -0.2) is 0 Å². The van der Waals surface area contributed by atoms with Crippen molar-refractivity contribution < 1.29 is 23.5 Å². The number of ketones is 1. The smallest absolute Gasteiger partial charge is 0.290 e. The van der Waals surface area contributed by atoms with Crippen LogP contribution in [-0.4, -0.2) is 52.8 Å². The van der Waals surface area contributed by atoms with Gasteiger partial charge < -0.3 is 23.7 Å². The van der Waals surface area contributed by atoms with Crippen molar-refractivity contribution in [1.29, 1.82) is 0 Å². The Kier molecular flexibility index (Phi) is 5.09. The highest BCUT2D eigenvalue weighted by atomic mass is 16.3. The van der Waals surface area contributed by atoms with E-state index in [0.29, 0.717) is 24.6 Å². The number of amides is 1. The Bertz CT molecular complexity index is 890. The average Bonchev–Trinajstić information content (AvgIpc) is 3.43. The molecule has 28 heavy (non-hydrogen) atoms. The fraction of sp³-hybridized carbons (Fsp3) is 0.429. The van der Waals surface area contributed by atoms with Gasteiger partial charge in [0.15, 0.2) is 11.5 Å². The average molecular weight is 384 g/mol. The Morgan fingerprint density at radius 3 is 2.61 bits per heavy atom. The predicted octanol–water partition coefficient (Wildman–Crippen LogP) is 3.25. The van der Waals surface area contributed by atoms with Crippen LogP contribution in [-0.2, 0) is 4.79 Å². The molecule has 7 heteroatoms. The Hall–Kier alpha value is -2.80. The van der Waals surface area contributed by atoms with E-state index < -0.39 is 23.5 Å². The van der Waals surface area contributed by atoms with E-state index in [1.165, 1.54) is 23.7 Å².